The third-order valence-electron chi connectivity index (χ3n) is 2.82. The Morgan fingerprint density at radius 1 is 1.19 bits per heavy atom. The van der Waals surface area contributed by atoms with Gasteiger partial charge < -0.3 is 19.5 Å². The highest BCUT2D eigenvalue weighted by atomic mass is 16.5. The zero-order chi connectivity index (χ0) is 15.7. The molecule has 0 bridgehead atoms. The van der Waals surface area contributed by atoms with Crippen molar-refractivity contribution in [1.82, 2.24) is 5.32 Å². The Morgan fingerprint density at radius 2 is 1.95 bits per heavy atom. The summed E-state index contributed by atoms with van der Waals surface area (Å²) in [6.07, 6.45) is 1.88. The smallest absolute Gasteiger partial charge is 0.342 e. The molecule has 0 saturated heterocycles. The summed E-state index contributed by atoms with van der Waals surface area (Å²) < 4.78 is 15.1. The van der Waals surface area contributed by atoms with Gasteiger partial charge in [0.15, 0.2) is 6.61 Å². The maximum atomic E-state index is 11.9. The van der Waals surface area contributed by atoms with E-state index in [0.29, 0.717) is 18.0 Å². The highest BCUT2D eigenvalue weighted by Gasteiger charge is 2.16. The predicted molar refractivity (Wildman–Crippen MR) is 77.7 cm³/mol. The van der Waals surface area contributed by atoms with E-state index in [4.69, 9.17) is 14.2 Å². The number of hydrogen-bond acceptors (Lipinski definition) is 5. The van der Waals surface area contributed by atoms with Crippen LogP contribution >= 0.6 is 0 Å². The van der Waals surface area contributed by atoms with E-state index in [1.807, 2.05) is 6.92 Å². The van der Waals surface area contributed by atoms with Crippen molar-refractivity contribution in [3.8, 4) is 11.5 Å². The van der Waals surface area contributed by atoms with Crippen LogP contribution in [0.1, 0.15) is 30.1 Å². The van der Waals surface area contributed by atoms with E-state index < -0.39 is 5.97 Å². The SMILES string of the molecule is CCCCNC(=O)COC(=O)c1ccc(OC)cc1OC. The van der Waals surface area contributed by atoms with Gasteiger partial charge in [0.25, 0.3) is 5.91 Å². The summed E-state index contributed by atoms with van der Waals surface area (Å²) >= 11 is 0. The first kappa shape index (κ1) is 16.8. The van der Waals surface area contributed by atoms with Crippen molar-refractivity contribution in [2.75, 3.05) is 27.4 Å². The monoisotopic (exact) mass is 295 g/mol. The van der Waals surface area contributed by atoms with Crippen LogP contribution in [0.5, 0.6) is 11.5 Å². The predicted octanol–water partition coefficient (Wildman–Crippen LogP) is 1.78. The molecule has 0 spiro atoms. The van der Waals surface area contributed by atoms with Gasteiger partial charge in [-0.3, -0.25) is 4.79 Å². The first-order chi connectivity index (χ1) is 10.1. The van der Waals surface area contributed by atoms with Crippen molar-refractivity contribution in [2.45, 2.75) is 19.8 Å². The van der Waals surface area contributed by atoms with E-state index in [0.717, 1.165) is 12.8 Å². The number of hydrogen-bond donors (Lipinski definition) is 1. The van der Waals surface area contributed by atoms with Crippen molar-refractivity contribution >= 4 is 11.9 Å². The second-order valence-electron chi connectivity index (χ2n) is 4.35. The van der Waals surface area contributed by atoms with Gasteiger partial charge in [-0.05, 0) is 18.6 Å². The fraction of sp³-hybridized carbons (Fsp3) is 0.467. The molecule has 6 nitrogen and oxygen atoms in total. The molecule has 1 rings (SSSR count). The van der Waals surface area contributed by atoms with E-state index in [2.05, 4.69) is 5.32 Å². The third kappa shape index (κ3) is 5.33. The Bertz CT molecular complexity index is 487. The molecule has 21 heavy (non-hydrogen) atoms. The quantitative estimate of drug-likeness (QED) is 0.584. The Morgan fingerprint density at radius 3 is 2.57 bits per heavy atom. The molecule has 0 unspecified atom stereocenters. The normalized spacial score (nSPS) is 9.86. The second kappa shape index (κ2) is 8.84. The molecular weight excluding hydrogens is 274 g/mol. The third-order valence-corrected chi connectivity index (χ3v) is 2.82. The van der Waals surface area contributed by atoms with Crippen molar-refractivity contribution in [3.63, 3.8) is 0 Å². The zero-order valence-electron chi connectivity index (χ0n) is 12.6. The maximum Gasteiger partial charge on any atom is 0.342 e. The van der Waals surface area contributed by atoms with Gasteiger partial charge in [0.05, 0.1) is 14.2 Å². The van der Waals surface area contributed by atoms with Crippen LogP contribution < -0.4 is 14.8 Å². The van der Waals surface area contributed by atoms with Crippen LogP contribution in [0.15, 0.2) is 18.2 Å². The van der Waals surface area contributed by atoms with Gasteiger partial charge in [0, 0.05) is 12.6 Å². The lowest BCUT2D eigenvalue weighted by Crippen LogP contribution is -2.29. The molecule has 0 aliphatic rings. The Hall–Kier alpha value is -2.24. The molecule has 0 atom stereocenters. The van der Waals surface area contributed by atoms with Gasteiger partial charge in [-0.15, -0.1) is 0 Å². The molecule has 6 heteroatoms. The minimum Gasteiger partial charge on any atom is -0.497 e. The largest absolute Gasteiger partial charge is 0.497 e. The van der Waals surface area contributed by atoms with E-state index in [1.165, 1.54) is 20.3 Å². The zero-order valence-corrected chi connectivity index (χ0v) is 12.6. The topological polar surface area (TPSA) is 73.9 Å². The second-order valence-corrected chi connectivity index (χ2v) is 4.35. The fourth-order valence-corrected chi connectivity index (χ4v) is 1.63. The van der Waals surface area contributed by atoms with Gasteiger partial charge in [-0.2, -0.15) is 0 Å². The fourth-order valence-electron chi connectivity index (χ4n) is 1.63. The molecular formula is C15H21NO5. The molecule has 1 aromatic rings. The van der Waals surface area contributed by atoms with Crippen LogP contribution in [0.25, 0.3) is 0 Å². The van der Waals surface area contributed by atoms with Crippen LogP contribution in [-0.2, 0) is 9.53 Å². The van der Waals surface area contributed by atoms with Crippen LogP contribution in [0.4, 0.5) is 0 Å². The standard InChI is InChI=1S/C15H21NO5/c1-4-5-8-16-14(17)10-21-15(18)12-7-6-11(19-2)9-13(12)20-3/h6-7,9H,4-5,8,10H2,1-3H3,(H,16,17). The Balaban J connectivity index is 2.57. The highest BCUT2D eigenvalue weighted by molar-refractivity contribution is 5.94. The van der Waals surface area contributed by atoms with Crippen molar-refractivity contribution in [1.29, 1.82) is 0 Å². The number of unbranched alkanes of at least 4 members (excludes halogenated alkanes) is 1. The number of rotatable bonds is 8. The molecule has 0 aliphatic carbocycles. The number of amides is 1. The first-order valence-corrected chi connectivity index (χ1v) is 6.78. The lowest BCUT2D eigenvalue weighted by molar-refractivity contribution is -0.124. The summed E-state index contributed by atoms with van der Waals surface area (Å²) in [5, 5.41) is 2.67. The Kier molecular flexibility index (Phi) is 7.08. The van der Waals surface area contributed by atoms with E-state index >= 15 is 0 Å². The van der Waals surface area contributed by atoms with E-state index in [1.54, 1.807) is 12.1 Å². The number of benzene rings is 1. The molecule has 116 valence electrons. The summed E-state index contributed by atoms with van der Waals surface area (Å²) in [5.74, 6) is -0.0177. The molecule has 0 aromatic heterocycles. The molecule has 0 heterocycles. The average molecular weight is 295 g/mol. The number of nitrogens with one attached hydrogen (secondary N) is 1. The van der Waals surface area contributed by atoms with E-state index in [-0.39, 0.29) is 18.1 Å². The lowest BCUT2D eigenvalue weighted by Gasteiger charge is -2.10. The van der Waals surface area contributed by atoms with Crippen molar-refractivity contribution in [2.24, 2.45) is 0 Å². The van der Waals surface area contributed by atoms with Crippen LogP contribution in [0, 0.1) is 0 Å². The summed E-state index contributed by atoms with van der Waals surface area (Å²) in [5.41, 5.74) is 0.250. The number of esters is 1. The molecule has 0 aliphatic heterocycles. The minimum absolute atomic E-state index is 0.250. The number of carbonyl (C=O) groups is 2. The summed E-state index contributed by atoms with van der Waals surface area (Å²) in [6.45, 7) is 2.30. The van der Waals surface area contributed by atoms with Gasteiger partial charge >= 0.3 is 5.97 Å². The van der Waals surface area contributed by atoms with Gasteiger partial charge in [-0.25, -0.2) is 4.79 Å². The van der Waals surface area contributed by atoms with Crippen LogP contribution in [0.3, 0.4) is 0 Å². The highest BCUT2D eigenvalue weighted by Crippen LogP contribution is 2.25. The van der Waals surface area contributed by atoms with Crippen molar-refractivity contribution < 1.29 is 23.8 Å². The summed E-state index contributed by atoms with van der Waals surface area (Å²) in [6, 6.07) is 4.74. The molecule has 1 aromatic carbocycles. The molecule has 1 amide bonds. The van der Waals surface area contributed by atoms with Crippen molar-refractivity contribution in [3.05, 3.63) is 23.8 Å². The average Bonchev–Trinajstić information content (AvgIpc) is 2.52. The lowest BCUT2D eigenvalue weighted by atomic mass is 10.2. The molecule has 0 radical (unpaired) electrons. The number of methoxy groups -OCH3 is 2. The minimum atomic E-state index is -0.611. The first-order valence-electron chi connectivity index (χ1n) is 6.78. The Labute approximate surface area is 124 Å². The van der Waals surface area contributed by atoms with Gasteiger partial charge in [0.1, 0.15) is 17.1 Å². The van der Waals surface area contributed by atoms with E-state index in [9.17, 15) is 9.59 Å². The maximum absolute atomic E-state index is 11.9. The number of ether oxygens (including phenoxy) is 3. The molecule has 0 saturated carbocycles. The summed E-state index contributed by atoms with van der Waals surface area (Å²) in [4.78, 5) is 23.4. The van der Waals surface area contributed by atoms with Crippen LogP contribution in [-0.4, -0.2) is 39.2 Å². The van der Waals surface area contributed by atoms with Crippen LogP contribution in [0.2, 0.25) is 0 Å². The molecule has 1 N–H and O–H groups in total. The van der Waals surface area contributed by atoms with Gasteiger partial charge in [0.2, 0.25) is 0 Å². The molecule has 0 fully saturated rings. The van der Waals surface area contributed by atoms with Gasteiger partial charge in [-0.1, -0.05) is 13.3 Å². The summed E-state index contributed by atoms with van der Waals surface area (Å²) in [7, 11) is 2.97. The number of carbonyl (C=O) groups excluding carboxylic acids is 2.